The zero-order chi connectivity index (χ0) is 12.9. The number of hydrogen-bond acceptors (Lipinski definition) is 4. The first kappa shape index (κ1) is 13.6. The molecule has 17 heavy (non-hydrogen) atoms. The Morgan fingerprint density at radius 2 is 2.00 bits per heavy atom. The van der Waals surface area contributed by atoms with Crippen molar-refractivity contribution in [3.63, 3.8) is 0 Å². The second-order valence-corrected chi connectivity index (χ2v) is 4.96. The summed E-state index contributed by atoms with van der Waals surface area (Å²) in [6.45, 7) is 8.66. The molecule has 1 aromatic heterocycles. The topological polar surface area (TPSA) is 57.4 Å². The molecule has 0 fully saturated rings. The fourth-order valence-corrected chi connectivity index (χ4v) is 1.21. The van der Waals surface area contributed by atoms with Crippen LogP contribution in [-0.2, 0) is 0 Å². The molecule has 0 aliphatic carbocycles. The van der Waals surface area contributed by atoms with Gasteiger partial charge in [-0.05, 0) is 33.3 Å². The van der Waals surface area contributed by atoms with Gasteiger partial charge in [-0.3, -0.25) is 0 Å². The summed E-state index contributed by atoms with van der Waals surface area (Å²) in [7, 11) is 0. The number of ether oxygens (including phenoxy) is 2. The molecule has 0 saturated carbocycles. The molecule has 0 spiro atoms. The van der Waals surface area contributed by atoms with E-state index in [4.69, 9.17) is 15.2 Å². The van der Waals surface area contributed by atoms with Gasteiger partial charge in [-0.15, -0.1) is 0 Å². The van der Waals surface area contributed by atoms with E-state index in [1.54, 1.807) is 12.1 Å². The molecule has 0 aliphatic heterocycles. The lowest BCUT2D eigenvalue weighted by atomic mass is 10.2. The summed E-state index contributed by atoms with van der Waals surface area (Å²) in [5.74, 6) is 0.999. The Bertz CT molecular complexity index is 359. The third-order valence-electron chi connectivity index (χ3n) is 2.01. The molecule has 1 rings (SSSR count). The van der Waals surface area contributed by atoms with Gasteiger partial charge in [0.25, 0.3) is 0 Å². The number of nitrogen functional groups attached to an aromatic ring is 1. The van der Waals surface area contributed by atoms with E-state index in [0.717, 1.165) is 12.8 Å². The summed E-state index contributed by atoms with van der Waals surface area (Å²) in [6.07, 6.45) is 2.11. The van der Waals surface area contributed by atoms with Gasteiger partial charge in [0.05, 0.1) is 12.3 Å². The number of rotatable bonds is 5. The van der Waals surface area contributed by atoms with Crippen molar-refractivity contribution in [3.8, 4) is 11.8 Å². The lowest BCUT2D eigenvalue weighted by Crippen LogP contribution is -2.24. The molecule has 2 N–H and O–H groups in total. The van der Waals surface area contributed by atoms with Gasteiger partial charge in [0.1, 0.15) is 5.60 Å². The lowest BCUT2D eigenvalue weighted by molar-refractivity contribution is 0.123. The molecule has 0 bridgehead atoms. The van der Waals surface area contributed by atoms with Crippen LogP contribution in [0.15, 0.2) is 12.1 Å². The molecule has 1 heterocycles. The van der Waals surface area contributed by atoms with Crippen LogP contribution in [0.2, 0.25) is 0 Å². The van der Waals surface area contributed by atoms with Crippen molar-refractivity contribution < 1.29 is 9.47 Å². The first-order valence-corrected chi connectivity index (χ1v) is 6.00. The molecule has 0 saturated heterocycles. The summed E-state index contributed by atoms with van der Waals surface area (Å²) >= 11 is 0. The van der Waals surface area contributed by atoms with Gasteiger partial charge in [0.15, 0.2) is 0 Å². The Balaban J connectivity index is 2.72. The number of pyridine rings is 1. The molecule has 1 aromatic rings. The van der Waals surface area contributed by atoms with Crippen molar-refractivity contribution in [1.82, 2.24) is 4.98 Å². The lowest BCUT2D eigenvalue weighted by Gasteiger charge is -2.21. The van der Waals surface area contributed by atoms with Crippen molar-refractivity contribution in [2.24, 2.45) is 0 Å². The highest BCUT2D eigenvalue weighted by molar-refractivity contribution is 5.49. The van der Waals surface area contributed by atoms with Crippen LogP contribution in [0.4, 0.5) is 5.69 Å². The normalized spacial score (nSPS) is 11.3. The van der Waals surface area contributed by atoms with E-state index in [2.05, 4.69) is 11.9 Å². The predicted octanol–water partition coefficient (Wildman–Crippen LogP) is 3.02. The second-order valence-electron chi connectivity index (χ2n) is 4.96. The van der Waals surface area contributed by atoms with Crippen LogP contribution in [0.25, 0.3) is 0 Å². The van der Waals surface area contributed by atoms with Crippen molar-refractivity contribution >= 4 is 5.69 Å². The van der Waals surface area contributed by atoms with Gasteiger partial charge in [-0.2, -0.15) is 4.98 Å². The third-order valence-corrected chi connectivity index (χ3v) is 2.01. The molecule has 0 radical (unpaired) electrons. The van der Waals surface area contributed by atoms with Gasteiger partial charge in [0, 0.05) is 6.07 Å². The second kappa shape index (κ2) is 5.75. The smallest absolute Gasteiger partial charge is 0.241 e. The maximum absolute atomic E-state index is 5.81. The summed E-state index contributed by atoms with van der Waals surface area (Å²) in [6, 6.07) is 3.52. The van der Waals surface area contributed by atoms with Crippen LogP contribution in [0.3, 0.4) is 0 Å². The number of hydrogen-bond donors (Lipinski definition) is 1. The van der Waals surface area contributed by atoms with E-state index in [-0.39, 0.29) is 5.60 Å². The van der Waals surface area contributed by atoms with Crippen molar-refractivity contribution in [2.45, 2.75) is 46.1 Å². The van der Waals surface area contributed by atoms with E-state index < -0.39 is 0 Å². The quantitative estimate of drug-likeness (QED) is 0.801. The average Bonchev–Trinajstić information content (AvgIpc) is 2.21. The highest BCUT2D eigenvalue weighted by Gasteiger charge is 2.15. The fraction of sp³-hybridized carbons (Fsp3) is 0.615. The highest BCUT2D eigenvalue weighted by atomic mass is 16.5. The number of aromatic nitrogens is 1. The maximum Gasteiger partial charge on any atom is 0.241 e. The minimum atomic E-state index is -0.316. The Labute approximate surface area is 103 Å². The van der Waals surface area contributed by atoms with Crippen molar-refractivity contribution in [3.05, 3.63) is 12.1 Å². The Hall–Kier alpha value is -1.45. The average molecular weight is 238 g/mol. The maximum atomic E-state index is 5.81. The zero-order valence-corrected chi connectivity index (χ0v) is 11.1. The van der Waals surface area contributed by atoms with Crippen LogP contribution in [-0.4, -0.2) is 17.2 Å². The molecular weight excluding hydrogens is 216 g/mol. The van der Waals surface area contributed by atoms with Gasteiger partial charge >= 0.3 is 0 Å². The van der Waals surface area contributed by atoms with Crippen LogP contribution < -0.4 is 15.2 Å². The monoisotopic (exact) mass is 238 g/mol. The molecule has 0 aromatic carbocycles. The van der Waals surface area contributed by atoms with E-state index in [1.807, 2.05) is 20.8 Å². The van der Waals surface area contributed by atoms with Crippen LogP contribution in [0.1, 0.15) is 40.5 Å². The first-order chi connectivity index (χ1) is 7.92. The summed E-state index contributed by atoms with van der Waals surface area (Å²) in [5.41, 5.74) is 6.02. The zero-order valence-electron chi connectivity index (χ0n) is 11.1. The van der Waals surface area contributed by atoms with Crippen LogP contribution >= 0.6 is 0 Å². The van der Waals surface area contributed by atoms with E-state index in [9.17, 15) is 0 Å². The Kier molecular flexibility index (Phi) is 4.61. The molecule has 4 heteroatoms. The summed E-state index contributed by atoms with van der Waals surface area (Å²) < 4.78 is 11.2. The molecule has 0 aliphatic rings. The molecular formula is C13H22N2O2. The van der Waals surface area contributed by atoms with E-state index in [1.165, 1.54) is 0 Å². The molecule has 4 nitrogen and oxygen atoms in total. The standard InChI is InChI=1S/C13H22N2O2/c1-5-6-9-16-11-8-7-10(14)12(15-11)17-13(2,3)4/h7-8H,5-6,9,14H2,1-4H3. The van der Waals surface area contributed by atoms with Gasteiger partial charge in [0.2, 0.25) is 11.8 Å². The third kappa shape index (κ3) is 4.93. The molecule has 96 valence electrons. The SMILES string of the molecule is CCCCOc1ccc(N)c(OC(C)(C)C)n1. The van der Waals surface area contributed by atoms with Gasteiger partial charge in [-0.1, -0.05) is 13.3 Å². The number of anilines is 1. The van der Waals surface area contributed by atoms with E-state index >= 15 is 0 Å². The van der Waals surface area contributed by atoms with Crippen LogP contribution in [0, 0.1) is 0 Å². The Morgan fingerprint density at radius 3 is 2.59 bits per heavy atom. The number of unbranched alkanes of at least 4 members (excludes halogenated alkanes) is 1. The van der Waals surface area contributed by atoms with Crippen molar-refractivity contribution in [1.29, 1.82) is 0 Å². The molecule has 0 amide bonds. The summed E-state index contributed by atoms with van der Waals surface area (Å²) in [5, 5.41) is 0. The van der Waals surface area contributed by atoms with Crippen LogP contribution in [0.5, 0.6) is 11.8 Å². The minimum absolute atomic E-state index is 0.316. The molecule has 0 unspecified atom stereocenters. The predicted molar refractivity (Wildman–Crippen MR) is 69.4 cm³/mol. The van der Waals surface area contributed by atoms with Gasteiger partial charge < -0.3 is 15.2 Å². The number of nitrogens with two attached hydrogens (primary N) is 1. The van der Waals surface area contributed by atoms with E-state index in [0.29, 0.717) is 24.1 Å². The summed E-state index contributed by atoms with van der Waals surface area (Å²) in [4.78, 5) is 4.26. The fourth-order valence-electron chi connectivity index (χ4n) is 1.21. The van der Waals surface area contributed by atoms with Crippen molar-refractivity contribution in [2.75, 3.05) is 12.3 Å². The minimum Gasteiger partial charge on any atom is -0.478 e. The largest absolute Gasteiger partial charge is 0.478 e. The Morgan fingerprint density at radius 1 is 1.29 bits per heavy atom. The molecule has 0 atom stereocenters. The van der Waals surface area contributed by atoms with Gasteiger partial charge in [-0.25, -0.2) is 0 Å². The highest BCUT2D eigenvalue weighted by Crippen LogP contribution is 2.25. The first-order valence-electron chi connectivity index (χ1n) is 6.00. The number of nitrogens with zero attached hydrogens (tertiary/aromatic N) is 1.